The zero-order valence-corrected chi connectivity index (χ0v) is 11.1. The van der Waals surface area contributed by atoms with Gasteiger partial charge >= 0.3 is 0 Å². The maximum absolute atomic E-state index is 10.3. The number of piperazine rings is 1. The highest BCUT2D eigenvalue weighted by Crippen LogP contribution is 2.46. The summed E-state index contributed by atoms with van der Waals surface area (Å²) in [5.74, 6) is 0. The second-order valence-corrected chi connectivity index (χ2v) is 5.77. The van der Waals surface area contributed by atoms with Crippen LogP contribution in [-0.4, -0.2) is 48.1 Å². The molecule has 0 atom stereocenters. The molecule has 0 radical (unpaired) electrons. The van der Waals surface area contributed by atoms with Crippen molar-refractivity contribution in [3.63, 3.8) is 0 Å². The third kappa shape index (κ3) is 2.44. The van der Waals surface area contributed by atoms with E-state index < -0.39 is 5.60 Å². The lowest BCUT2D eigenvalue weighted by molar-refractivity contribution is 0.136. The lowest BCUT2D eigenvalue weighted by Crippen LogP contribution is -2.44. The Balaban J connectivity index is 1.73. The average molecular weight is 246 g/mol. The number of nitrogens with zero attached hydrogens (tertiary/aromatic N) is 2. The molecule has 3 heteroatoms. The van der Waals surface area contributed by atoms with Crippen molar-refractivity contribution in [1.29, 1.82) is 0 Å². The van der Waals surface area contributed by atoms with Crippen LogP contribution in [0.5, 0.6) is 0 Å². The van der Waals surface area contributed by atoms with Crippen LogP contribution in [-0.2, 0) is 12.1 Å². The Bertz CT molecular complexity index is 420. The van der Waals surface area contributed by atoms with Gasteiger partial charge in [-0.1, -0.05) is 24.3 Å². The van der Waals surface area contributed by atoms with Crippen LogP contribution in [0.2, 0.25) is 0 Å². The van der Waals surface area contributed by atoms with Crippen molar-refractivity contribution in [2.24, 2.45) is 0 Å². The fourth-order valence-corrected chi connectivity index (χ4v) is 2.75. The summed E-state index contributed by atoms with van der Waals surface area (Å²) in [5.41, 5.74) is 1.95. The molecule has 1 saturated heterocycles. The Hall–Kier alpha value is -0.900. The van der Waals surface area contributed by atoms with Crippen LogP contribution in [0.15, 0.2) is 24.3 Å². The first kappa shape index (κ1) is 12.2. The van der Waals surface area contributed by atoms with Gasteiger partial charge in [-0.25, -0.2) is 0 Å². The fourth-order valence-electron chi connectivity index (χ4n) is 2.75. The maximum atomic E-state index is 10.3. The number of hydrogen-bond acceptors (Lipinski definition) is 3. The van der Waals surface area contributed by atoms with Crippen LogP contribution in [0.3, 0.4) is 0 Å². The molecule has 98 valence electrons. The number of hydrogen-bond donors (Lipinski definition) is 1. The highest BCUT2D eigenvalue weighted by Gasteiger charge is 2.43. The first-order valence-corrected chi connectivity index (χ1v) is 6.89. The molecular weight excluding hydrogens is 224 g/mol. The Labute approximate surface area is 109 Å². The number of benzene rings is 1. The molecule has 1 saturated carbocycles. The third-order valence-electron chi connectivity index (χ3n) is 4.23. The van der Waals surface area contributed by atoms with Gasteiger partial charge in [0.2, 0.25) is 0 Å². The Kier molecular flexibility index (Phi) is 3.14. The fraction of sp³-hybridized carbons (Fsp3) is 0.600. The van der Waals surface area contributed by atoms with Crippen molar-refractivity contribution in [3.8, 4) is 0 Å². The standard InChI is InChI=1S/C15H22N2O/c1-16-8-10-17(11-9-16)12-13-4-2-3-5-14(13)15(18)6-7-15/h2-5,18H,6-12H2,1H3. The van der Waals surface area contributed by atoms with E-state index in [-0.39, 0.29) is 0 Å². The first-order chi connectivity index (χ1) is 8.67. The maximum Gasteiger partial charge on any atom is 0.0902 e. The molecule has 1 aromatic rings. The molecule has 1 N–H and O–H groups in total. The normalized spacial score (nSPS) is 24.1. The monoisotopic (exact) mass is 246 g/mol. The van der Waals surface area contributed by atoms with Crippen LogP contribution in [0.1, 0.15) is 24.0 Å². The molecule has 3 rings (SSSR count). The van der Waals surface area contributed by atoms with Crippen molar-refractivity contribution in [2.45, 2.75) is 25.0 Å². The van der Waals surface area contributed by atoms with E-state index in [0.717, 1.165) is 51.1 Å². The second-order valence-electron chi connectivity index (χ2n) is 5.77. The van der Waals surface area contributed by atoms with Crippen LogP contribution in [0.25, 0.3) is 0 Å². The summed E-state index contributed by atoms with van der Waals surface area (Å²) >= 11 is 0. The van der Waals surface area contributed by atoms with Gasteiger partial charge in [0, 0.05) is 32.7 Å². The summed E-state index contributed by atoms with van der Waals surface area (Å²) in [6.45, 7) is 5.53. The minimum atomic E-state index is -0.511. The van der Waals surface area contributed by atoms with E-state index >= 15 is 0 Å². The molecule has 0 amide bonds. The molecule has 18 heavy (non-hydrogen) atoms. The van der Waals surface area contributed by atoms with Gasteiger partial charge in [0.25, 0.3) is 0 Å². The van der Waals surface area contributed by atoms with E-state index in [4.69, 9.17) is 0 Å². The minimum absolute atomic E-state index is 0.511. The molecule has 1 heterocycles. The smallest absolute Gasteiger partial charge is 0.0902 e. The lowest BCUT2D eigenvalue weighted by atomic mass is 10.00. The van der Waals surface area contributed by atoms with Gasteiger partial charge in [-0.2, -0.15) is 0 Å². The highest BCUT2D eigenvalue weighted by atomic mass is 16.3. The molecule has 3 nitrogen and oxygen atoms in total. The van der Waals surface area contributed by atoms with Crippen LogP contribution >= 0.6 is 0 Å². The second kappa shape index (κ2) is 4.65. The molecule has 2 aliphatic rings. The third-order valence-corrected chi connectivity index (χ3v) is 4.23. The predicted molar refractivity (Wildman–Crippen MR) is 72.3 cm³/mol. The van der Waals surface area contributed by atoms with Crippen LogP contribution in [0.4, 0.5) is 0 Å². The van der Waals surface area contributed by atoms with Crippen molar-refractivity contribution < 1.29 is 5.11 Å². The SMILES string of the molecule is CN1CCN(Cc2ccccc2C2(O)CC2)CC1. The summed E-state index contributed by atoms with van der Waals surface area (Å²) in [6, 6.07) is 8.39. The minimum Gasteiger partial charge on any atom is -0.385 e. The zero-order valence-electron chi connectivity index (χ0n) is 11.1. The van der Waals surface area contributed by atoms with Crippen molar-refractivity contribution in [3.05, 3.63) is 35.4 Å². The predicted octanol–water partition coefficient (Wildman–Crippen LogP) is 1.42. The lowest BCUT2D eigenvalue weighted by Gasteiger charge is -2.33. The molecule has 0 spiro atoms. The highest BCUT2D eigenvalue weighted by molar-refractivity contribution is 5.35. The first-order valence-electron chi connectivity index (χ1n) is 6.89. The van der Waals surface area contributed by atoms with E-state index in [1.807, 2.05) is 6.07 Å². The molecule has 1 aliphatic carbocycles. The summed E-state index contributed by atoms with van der Waals surface area (Å²) in [6.07, 6.45) is 1.85. The molecule has 1 aromatic carbocycles. The molecule has 0 unspecified atom stereocenters. The molecular formula is C15H22N2O. The Morgan fingerprint density at radius 1 is 1.11 bits per heavy atom. The van der Waals surface area contributed by atoms with E-state index in [9.17, 15) is 5.11 Å². The quantitative estimate of drug-likeness (QED) is 0.873. The molecule has 0 aromatic heterocycles. The van der Waals surface area contributed by atoms with Crippen molar-refractivity contribution >= 4 is 0 Å². The van der Waals surface area contributed by atoms with Crippen LogP contribution < -0.4 is 0 Å². The van der Waals surface area contributed by atoms with E-state index in [0.29, 0.717) is 0 Å². The summed E-state index contributed by atoms with van der Waals surface area (Å²) in [5, 5.41) is 10.3. The summed E-state index contributed by atoms with van der Waals surface area (Å²) < 4.78 is 0. The van der Waals surface area contributed by atoms with Gasteiger partial charge in [0.05, 0.1) is 5.60 Å². The van der Waals surface area contributed by atoms with Gasteiger partial charge in [-0.05, 0) is 31.0 Å². The van der Waals surface area contributed by atoms with Crippen molar-refractivity contribution in [1.82, 2.24) is 9.80 Å². The Morgan fingerprint density at radius 3 is 2.44 bits per heavy atom. The van der Waals surface area contributed by atoms with Gasteiger partial charge in [0.15, 0.2) is 0 Å². The van der Waals surface area contributed by atoms with E-state index in [2.05, 4.69) is 35.0 Å². The largest absolute Gasteiger partial charge is 0.385 e. The Morgan fingerprint density at radius 2 is 1.78 bits per heavy atom. The van der Waals surface area contributed by atoms with Crippen molar-refractivity contribution in [2.75, 3.05) is 33.2 Å². The number of rotatable bonds is 3. The molecule has 2 fully saturated rings. The zero-order chi connectivity index (χ0) is 12.6. The summed E-state index contributed by atoms with van der Waals surface area (Å²) in [4.78, 5) is 4.86. The number of aliphatic hydroxyl groups is 1. The molecule has 1 aliphatic heterocycles. The molecule has 0 bridgehead atoms. The van der Waals surface area contributed by atoms with Gasteiger partial charge in [0.1, 0.15) is 0 Å². The summed E-state index contributed by atoms with van der Waals surface area (Å²) in [7, 11) is 2.18. The number of likely N-dealkylation sites (N-methyl/N-ethyl adjacent to an activating group) is 1. The van der Waals surface area contributed by atoms with E-state index in [1.54, 1.807) is 0 Å². The van der Waals surface area contributed by atoms with Gasteiger partial charge in [-0.3, -0.25) is 4.90 Å². The topological polar surface area (TPSA) is 26.7 Å². The average Bonchev–Trinajstić information content (AvgIpc) is 3.12. The van der Waals surface area contributed by atoms with E-state index in [1.165, 1.54) is 5.56 Å². The van der Waals surface area contributed by atoms with Gasteiger partial charge in [-0.15, -0.1) is 0 Å². The van der Waals surface area contributed by atoms with Crippen LogP contribution in [0, 0.1) is 0 Å². The van der Waals surface area contributed by atoms with Gasteiger partial charge < -0.3 is 10.0 Å².